The van der Waals surface area contributed by atoms with Crippen LogP contribution in [-0.2, 0) is 4.74 Å². The van der Waals surface area contributed by atoms with Gasteiger partial charge in [-0.15, -0.1) is 0 Å². The van der Waals surface area contributed by atoms with Gasteiger partial charge in [-0.1, -0.05) is 0 Å². The molecule has 2 rings (SSSR count). The third-order valence-corrected chi connectivity index (χ3v) is 3.90. The van der Waals surface area contributed by atoms with Gasteiger partial charge in [0.05, 0.1) is 13.2 Å². The van der Waals surface area contributed by atoms with Crippen LogP contribution in [0.15, 0.2) is 0 Å². The van der Waals surface area contributed by atoms with Crippen LogP contribution >= 0.6 is 0 Å². The van der Waals surface area contributed by atoms with Gasteiger partial charge in [-0.05, 0) is 39.2 Å². The van der Waals surface area contributed by atoms with Crippen LogP contribution in [0.25, 0.3) is 0 Å². The molecule has 0 amide bonds. The van der Waals surface area contributed by atoms with Crippen LogP contribution in [0.2, 0.25) is 0 Å². The van der Waals surface area contributed by atoms with E-state index in [4.69, 9.17) is 4.74 Å². The molecular formula is C13H26N2O. The molecule has 0 bridgehead atoms. The fraction of sp³-hybridized carbons (Fsp3) is 1.00. The van der Waals surface area contributed by atoms with Crippen molar-refractivity contribution in [2.45, 2.75) is 32.7 Å². The maximum Gasteiger partial charge on any atom is 0.0594 e. The van der Waals surface area contributed by atoms with Gasteiger partial charge in [-0.25, -0.2) is 0 Å². The molecule has 0 aliphatic carbocycles. The van der Waals surface area contributed by atoms with Gasteiger partial charge in [-0.3, -0.25) is 4.90 Å². The quantitative estimate of drug-likeness (QED) is 0.724. The first-order chi connectivity index (χ1) is 7.75. The Labute approximate surface area is 99.7 Å². The molecular weight excluding hydrogens is 200 g/mol. The molecule has 0 spiro atoms. The van der Waals surface area contributed by atoms with E-state index in [0.717, 1.165) is 32.2 Å². The van der Waals surface area contributed by atoms with Gasteiger partial charge in [0.1, 0.15) is 0 Å². The van der Waals surface area contributed by atoms with Crippen molar-refractivity contribution in [3.05, 3.63) is 0 Å². The Kier molecular flexibility index (Phi) is 4.62. The molecule has 0 radical (unpaired) electrons. The Morgan fingerprint density at radius 2 is 1.94 bits per heavy atom. The molecule has 2 heterocycles. The van der Waals surface area contributed by atoms with Crippen LogP contribution in [-0.4, -0.2) is 61.8 Å². The van der Waals surface area contributed by atoms with E-state index < -0.39 is 0 Å². The van der Waals surface area contributed by atoms with Gasteiger partial charge < -0.3 is 9.64 Å². The minimum absolute atomic E-state index is 0.715. The molecule has 0 aromatic rings. The zero-order valence-corrected chi connectivity index (χ0v) is 10.8. The maximum atomic E-state index is 5.40. The molecule has 1 unspecified atom stereocenters. The fourth-order valence-corrected chi connectivity index (χ4v) is 2.86. The van der Waals surface area contributed by atoms with Gasteiger partial charge >= 0.3 is 0 Å². The van der Waals surface area contributed by atoms with E-state index in [1.165, 1.54) is 32.5 Å². The van der Waals surface area contributed by atoms with E-state index in [-0.39, 0.29) is 0 Å². The molecule has 2 fully saturated rings. The lowest BCUT2D eigenvalue weighted by molar-refractivity contribution is 0.0207. The van der Waals surface area contributed by atoms with E-state index in [1.54, 1.807) is 0 Å². The molecule has 0 saturated carbocycles. The van der Waals surface area contributed by atoms with Crippen LogP contribution in [0.3, 0.4) is 0 Å². The molecule has 2 saturated heterocycles. The average Bonchev–Trinajstić information content (AvgIpc) is 2.30. The Morgan fingerprint density at radius 3 is 2.62 bits per heavy atom. The zero-order valence-electron chi connectivity index (χ0n) is 10.8. The monoisotopic (exact) mass is 226 g/mol. The van der Waals surface area contributed by atoms with Crippen molar-refractivity contribution in [2.75, 3.05) is 45.9 Å². The number of nitrogens with zero attached hydrogens (tertiary/aromatic N) is 2. The highest BCUT2D eigenvalue weighted by molar-refractivity contribution is 4.78. The molecule has 94 valence electrons. The number of hydrogen-bond acceptors (Lipinski definition) is 3. The normalized spacial score (nSPS) is 29.8. The number of piperidine rings is 1. The fourth-order valence-electron chi connectivity index (χ4n) is 2.86. The molecule has 3 nitrogen and oxygen atoms in total. The van der Waals surface area contributed by atoms with Crippen LogP contribution < -0.4 is 0 Å². The van der Waals surface area contributed by atoms with Gasteiger partial charge in [0.25, 0.3) is 0 Å². The lowest BCUT2D eigenvalue weighted by atomic mass is 9.96. The number of rotatable bonds is 3. The van der Waals surface area contributed by atoms with Gasteiger partial charge in [-0.2, -0.15) is 0 Å². The summed E-state index contributed by atoms with van der Waals surface area (Å²) in [4.78, 5) is 5.21. The highest BCUT2D eigenvalue weighted by Crippen LogP contribution is 2.19. The second kappa shape index (κ2) is 5.99. The van der Waals surface area contributed by atoms with E-state index in [1.807, 2.05) is 0 Å². The van der Waals surface area contributed by atoms with E-state index in [9.17, 15) is 0 Å². The minimum Gasteiger partial charge on any atom is -0.379 e. The summed E-state index contributed by atoms with van der Waals surface area (Å²) in [6, 6.07) is 0.715. The molecule has 16 heavy (non-hydrogen) atoms. The van der Waals surface area contributed by atoms with Crippen molar-refractivity contribution in [3.63, 3.8) is 0 Å². The summed E-state index contributed by atoms with van der Waals surface area (Å²) in [6.07, 6.45) is 2.80. The highest BCUT2D eigenvalue weighted by atomic mass is 16.5. The Bertz CT molecular complexity index is 202. The van der Waals surface area contributed by atoms with Gasteiger partial charge in [0.15, 0.2) is 0 Å². The van der Waals surface area contributed by atoms with Crippen molar-refractivity contribution in [1.29, 1.82) is 0 Å². The smallest absolute Gasteiger partial charge is 0.0594 e. The van der Waals surface area contributed by atoms with Crippen LogP contribution in [0, 0.1) is 5.92 Å². The van der Waals surface area contributed by atoms with Gasteiger partial charge in [0.2, 0.25) is 0 Å². The molecule has 3 heteroatoms. The molecule has 0 N–H and O–H groups in total. The van der Waals surface area contributed by atoms with Crippen molar-refractivity contribution < 1.29 is 4.74 Å². The van der Waals surface area contributed by atoms with E-state index in [0.29, 0.717) is 6.04 Å². The van der Waals surface area contributed by atoms with Crippen molar-refractivity contribution in [1.82, 2.24) is 9.80 Å². The maximum absolute atomic E-state index is 5.40. The van der Waals surface area contributed by atoms with Crippen LogP contribution in [0.5, 0.6) is 0 Å². The summed E-state index contributed by atoms with van der Waals surface area (Å²) >= 11 is 0. The Balaban J connectivity index is 1.75. The minimum atomic E-state index is 0.715. The van der Waals surface area contributed by atoms with Crippen LogP contribution in [0.1, 0.15) is 26.7 Å². The van der Waals surface area contributed by atoms with Crippen LogP contribution in [0.4, 0.5) is 0 Å². The summed E-state index contributed by atoms with van der Waals surface area (Å²) in [5.74, 6) is 0.884. The SMILES string of the molecule is CC(C)N1CCCC(CN2CCOCC2)C1. The molecule has 0 aromatic carbocycles. The van der Waals surface area contributed by atoms with Crippen molar-refractivity contribution in [3.8, 4) is 0 Å². The highest BCUT2D eigenvalue weighted by Gasteiger charge is 2.23. The topological polar surface area (TPSA) is 15.7 Å². The predicted molar refractivity (Wildman–Crippen MR) is 66.7 cm³/mol. The van der Waals surface area contributed by atoms with E-state index >= 15 is 0 Å². The summed E-state index contributed by atoms with van der Waals surface area (Å²) in [5.41, 5.74) is 0. The first-order valence-corrected chi connectivity index (χ1v) is 6.80. The zero-order chi connectivity index (χ0) is 11.4. The van der Waals surface area contributed by atoms with E-state index in [2.05, 4.69) is 23.6 Å². The summed E-state index contributed by atoms with van der Waals surface area (Å²) in [6.45, 7) is 12.7. The lowest BCUT2D eigenvalue weighted by Gasteiger charge is -2.38. The summed E-state index contributed by atoms with van der Waals surface area (Å²) in [7, 11) is 0. The average molecular weight is 226 g/mol. The first kappa shape index (κ1) is 12.3. The van der Waals surface area contributed by atoms with Crippen molar-refractivity contribution >= 4 is 0 Å². The number of hydrogen-bond donors (Lipinski definition) is 0. The second-order valence-electron chi connectivity index (χ2n) is 5.51. The molecule has 2 aliphatic rings. The molecule has 1 atom stereocenters. The largest absolute Gasteiger partial charge is 0.379 e. The molecule has 0 aromatic heterocycles. The number of ether oxygens (including phenoxy) is 1. The third-order valence-electron chi connectivity index (χ3n) is 3.90. The molecule has 2 aliphatic heterocycles. The number of morpholine rings is 1. The predicted octanol–water partition coefficient (Wildman–Crippen LogP) is 1.44. The number of likely N-dealkylation sites (tertiary alicyclic amines) is 1. The second-order valence-corrected chi connectivity index (χ2v) is 5.51. The first-order valence-electron chi connectivity index (χ1n) is 6.80. The Morgan fingerprint density at radius 1 is 1.19 bits per heavy atom. The lowest BCUT2D eigenvalue weighted by Crippen LogP contribution is -2.46. The van der Waals surface area contributed by atoms with Crippen molar-refractivity contribution in [2.24, 2.45) is 5.92 Å². The standard InChI is InChI=1S/C13H26N2O/c1-12(2)15-5-3-4-13(11-15)10-14-6-8-16-9-7-14/h12-13H,3-11H2,1-2H3. The summed E-state index contributed by atoms with van der Waals surface area (Å²) in [5, 5.41) is 0. The Hall–Kier alpha value is -0.120. The third kappa shape index (κ3) is 3.44. The summed E-state index contributed by atoms with van der Waals surface area (Å²) < 4.78 is 5.40. The van der Waals surface area contributed by atoms with Gasteiger partial charge in [0, 0.05) is 32.2 Å².